The molecule has 0 bridgehead atoms. The molecule has 1 amide bonds. The van der Waals surface area contributed by atoms with Gasteiger partial charge < -0.3 is 35.2 Å². The van der Waals surface area contributed by atoms with Gasteiger partial charge in [-0.15, -0.1) is 0 Å². The average molecular weight is 321 g/mol. The van der Waals surface area contributed by atoms with Crippen LogP contribution in [0.3, 0.4) is 0 Å². The molecule has 1 heterocycles. The maximum absolute atomic E-state index is 11.9. The first-order valence-electron chi connectivity index (χ1n) is 7.59. The van der Waals surface area contributed by atoms with Crippen LogP contribution in [0, 0.1) is 0 Å². The van der Waals surface area contributed by atoms with Crippen molar-refractivity contribution in [3.63, 3.8) is 0 Å². The number of methoxy groups -OCH3 is 1. The van der Waals surface area contributed by atoms with Crippen molar-refractivity contribution in [3.8, 4) is 0 Å². The Morgan fingerprint density at radius 2 is 1.95 bits per heavy atom. The van der Waals surface area contributed by atoms with Gasteiger partial charge in [-0.2, -0.15) is 0 Å². The van der Waals surface area contributed by atoms with Crippen molar-refractivity contribution in [2.24, 2.45) is 0 Å². The number of aliphatic hydroxyl groups is 4. The lowest BCUT2D eigenvalue weighted by Crippen LogP contribution is -2.65. The van der Waals surface area contributed by atoms with Crippen LogP contribution in [0.4, 0.5) is 0 Å². The summed E-state index contributed by atoms with van der Waals surface area (Å²) in [6.45, 7) is 2.01. The van der Waals surface area contributed by atoms with Gasteiger partial charge in [-0.25, -0.2) is 0 Å². The molecule has 0 aliphatic carbocycles. The Kier molecular flexibility index (Phi) is 8.23. The number of nitrogens with one attached hydrogen (secondary N) is 1. The van der Waals surface area contributed by atoms with Crippen molar-refractivity contribution in [2.75, 3.05) is 13.7 Å². The van der Waals surface area contributed by atoms with E-state index in [2.05, 4.69) is 5.32 Å². The second-order valence-corrected chi connectivity index (χ2v) is 5.55. The fraction of sp³-hybridized carbons (Fsp3) is 0.929. The Morgan fingerprint density at radius 1 is 1.27 bits per heavy atom. The zero-order valence-electron chi connectivity index (χ0n) is 13.0. The molecule has 0 aromatic carbocycles. The first-order valence-corrected chi connectivity index (χ1v) is 7.59. The predicted octanol–water partition coefficient (Wildman–Crippen LogP) is -1.50. The molecule has 130 valence electrons. The van der Waals surface area contributed by atoms with Crippen LogP contribution >= 0.6 is 0 Å². The lowest BCUT2D eigenvalue weighted by Gasteiger charge is -2.40. The fourth-order valence-electron chi connectivity index (χ4n) is 2.38. The third-order valence-corrected chi connectivity index (χ3v) is 3.74. The van der Waals surface area contributed by atoms with Crippen molar-refractivity contribution >= 4 is 5.91 Å². The largest absolute Gasteiger partial charge is 0.388 e. The van der Waals surface area contributed by atoms with E-state index in [-0.39, 0.29) is 6.61 Å². The zero-order chi connectivity index (χ0) is 16.7. The summed E-state index contributed by atoms with van der Waals surface area (Å²) < 4.78 is 9.95. The molecule has 6 atom stereocenters. The lowest BCUT2D eigenvalue weighted by atomic mass is 9.96. The standard InChI is InChI=1S/C14H27NO7/c1-3-4-5-6-8(16)13(19)15-10-12(18)11(17)9(7-21-2)22-14(10)20/h8-12,14,16-18,20H,3-7H2,1-2H3,(H,15,19)/t8?,9?,10?,11-,12-,14-/m1/s1. The molecule has 1 rings (SSSR count). The number of rotatable bonds is 8. The van der Waals surface area contributed by atoms with Gasteiger partial charge in [-0.1, -0.05) is 26.2 Å². The lowest BCUT2D eigenvalue weighted by molar-refractivity contribution is -0.255. The van der Waals surface area contributed by atoms with Gasteiger partial charge in [0.1, 0.15) is 30.5 Å². The molecule has 22 heavy (non-hydrogen) atoms. The number of hydrogen-bond donors (Lipinski definition) is 5. The Morgan fingerprint density at radius 3 is 2.55 bits per heavy atom. The van der Waals surface area contributed by atoms with Crippen LogP contribution in [0.25, 0.3) is 0 Å². The third-order valence-electron chi connectivity index (χ3n) is 3.74. The second-order valence-electron chi connectivity index (χ2n) is 5.55. The number of aliphatic hydroxyl groups excluding tert-OH is 4. The van der Waals surface area contributed by atoms with Crippen molar-refractivity contribution in [2.45, 2.75) is 69.4 Å². The highest BCUT2D eigenvalue weighted by Crippen LogP contribution is 2.20. The summed E-state index contributed by atoms with van der Waals surface area (Å²) in [5.41, 5.74) is 0. The fourth-order valence-corrected chi connectivity index (χ4v) is 2.38. The van der Waals surface area contributed by atoms with Crippen LogP contribution in [0.1, 0.15) is 32.6 Å². The van der Waals surface area contributed by atoms with E-state index in [1.165, 1.54) is 7.11 Å². The molecule has 1 aliphatic rings. The number of amides is 1. The summed E-state index contributed by atoms with van der Waals surface area (Å²) in [4.78, 5) is 11.9. The molecule has 8 heteroatoms. The predicted molar refractivity (Wildman–Crippen MR) is 76.8 cm³/mol. The summed E-state index contributed by atoms with van der Waals surface area (Å²) in [5.74, 6) is -0.708. The molecule has 1 saturated heterocycles. The van der Waals surface area contributed by atoms with Crippen molar-refractivity contribution in [1.82, 2.24) is 5.32 Å². The van der Waals surface area contributed by atoms with Gasteiger partial charge in [0, 0.05) is 7.11 Å². The highest BCUT2D eigenvalue weighted by molar-refractivity contribution is 5.80. The molecule has 0 aromatic heterocycles. The van der Waals surface area contributed by atoms with E-state index in [0.717, 1.165) is 12.8 Å². The minimum absolute atomic E-state index is 0.00437. The van der Waals surface area contributed by atoms with Gasteiger partial charge in [0.05, 0.1) is 6.61 Å². The molecule has 0 radical (unpaired) electrons. The van der Waals surface area contributed by atoms with Gasteiger partial charge >= 0.3 is 0 Å². The minimum Gasteiger partial charge on any atom is -0.388 e. The monoisotopic (exact) mass is 321 g/mol. The third kappa shape index (κ3) is 5.15. The molecule has 0 spiro atoms. The van der Waals surface area contributed by atoms with E-state index < -0.39 is 42.7 Å². The molecule has 1 fully saturated rings. The van der Waals surface area contributed by atoms with Crippen molar-refractivity contribution < 1.29 is 34.7 Å². The van der Waals surface area contributed by atoms with E-state index in [1.54, 1.807) is 0 Å². The van der Waals surface area contributed by atoms with E-state index in [0.29, 0.717) is 12.8 Å². The molecule has 5 N–H and O–H groups in total. The Bertz CT molecular complexity index is 341. The first-order chi connectivity index (χ1) is 10.4. The zero-order valence-corrected chi connectivity index (χ0v) is 13.0. The smallest absolute Gasteiger partial charge is 0.249 e. The van der Waals surface area contributed by atoms with Gasteiger partial charge in [0.2, 0.25) is 5.91 Å². The van der Waals surface area contributed by atoms with E-state index in [1.807, 2.05) is 6.92 Å². The second kappa shape index (κ2) is 9.39. The van der Waals surface area contributed by atoms with Crippen LogP contribution in [0.5, 0.6) is 0 Å². The molecule has 8 nitrogen and oxygen atoms in total. The number of carbonyl (C=O) groups excluding carboxylic acids is 1. The van der Waals surface area contributed by atoms with E-state index >= 15 is 0 Å². The Balaban J connectivity index is 2.55. The molecular formula is C14H27NO7. The number of carbonyl (C=O) groups is 1. The van der Waals surface area contributed by atoms with E-state index in [9.17, 15) is 25.2 Å². The van der Waals surface area contributed by atoms with Gasteiger partial charge in [0.25, 0.3) is 0 Å². The quantitative estimate of drug-likeness (QED) is 0.344. The summed E-state index contributed by atoms with van der Waals surface area (Å²) in [6.07, 6.45) is -3.47. The molecule has 0 saturated carbocycles. The minimum atomic E-state index is -1.50. The van der Waals surface area contributed by atoms with Crippen molar-refractivity contribution in [1.29, 1.82) is 0 Å². The number of unbranched alkanes of at least 4 members (excludes halogenated alkanes) is 2. The molecule has 3 unspecified atom stereocenters. The van der Waals surface area contributed by atoms with E-state index in [4.69, 9.17) is 9.47 Å². The Labute approximate surface area is 130 Å². The number of hydrogen-bond acceptors (Lipinski definition) is 7. The first kappa shape index (κ1) is 19.3. The highest BCUT2D eigenvalue weighted by atomic mass is 16.6. The van der Waals surface area contributed by atoms with Gasteiger partial charge in [-0.05, 0) is 6.42 Å². The topological polar surface area (TPSA) is 128 Å². The molecule has 1 aliphatic heterocycles. The summed E-state index contributed by atoms with van der Waals surface area (Å²) in [5, 5.41) is 41.8. The molecule has 0 aromatic rings. The van der Waals surface area contributed by atoms with Crippen LogP contribution in [0.2, 0.25) is 0 Å². The SMILES string of the molecule is CCCCCC(O)C(=O)NC1[C@H](O)OC(COC)[C@@H](O)[C@@H]1O. The van der Waals surface area contributed by atoms with Crippen LogP contribution in [-0.2, 0) is 14.3 Å². The van der Waals surface area contributed by atoms with Crippen LogP contribution in [-0.4, -0.2) is 76.8 Å². The average Bonchev–Trinajstić information content (AvgIpc) is 2.49. The Hall–Kier alpha value is -0.770. The van der Waals surface area contributed by atoms with Crippen molar-refractivity contribution in [3.05, 3.63) is 0 Å². The summed E-state index contributed by atoms with van der Waals surface area (Å²) in [6, 6.07) is -1.21. The highest BCUT2D eigenvalue weighted by Gasteiger charge is 2.44. The van der Waals surface area contributed by atoms with Crippen LogP contribution in [0.15, 0.2) is 0 Å². The normalized spacial score (nSPS) is 33.5. The van der Waals surface area contributed by atoms with Crippen LogP contribution < -0.4 is 5.32 Å². The van der Waals surface area contributed by atoms with Gasteiger partial charge in [0.15, 0.2) is 6.29 Å². The summed E-state index contributed by atoms with van der Waals surface area (Å²) in [7, 11) is 1.40. The number of ether oxygens (including phenoxy) is 2. The summed E-state index contributed by atoms with van der Waals surface area (Å²) >= 11 is 0. The van der Waals surface area contributed by atoms with Gasteiger partial charge in [-0.3, -0.25) is 4.79 Å². The maximum atomic E-state index is 11.9. The molecular weight excluding hydrogens is 294 g/mol. The maximum Gasteiger partial charge on any atom is 0.249 e.